The predicted molar refractivity (Wildman–Crippen MR) is 59.7 cm³/mol. The molecule has 0 rings (SSSR count). The highest BCUT2D eigenvalue weighted by Crippen LogP contribution is 2.05. The molecular weight excluding hydrogens is 194 g/mol. The zero-order chi connectivity index (χ0) is 11.7. The molecule has 0 saturated carbocycles. The molecule has 88 valence electrons. The number of nitrogens with one attached hydrogen (secondary N) is 1. The first kappa shape index (κ1) is 14.1. The molecule has 0 aliphatic carbocycles. The van der Waals surface area contributed by atoms with Crippen LogP contribution in [0.5, 0.6) is 0 Å². The van der Waals surface area contributed by atoms with Crippen LogP contribution < -0.4 is 5.32 Å². The lowest BCUT2D eigenvalue weighted by molar-refractivity contribution is -0.147. The van der Waals surface area contributed by atoms with Gasteiger partial charge in [0.05, 0.1) is 13.2 Å². The van der Waals surface area contributed by atoms with Gasteiger partial charge in [0.2, 0.25) is 0 Å². The van der Waals surface area contributed by atoms with Gasteiger partial charge in [-0.2, -0.15) is 0 Å². The Hall–Kier alpha value is -0.870. The summed E-state index contributed by atoms with van der Waals surface area (Å²) in [6, 6.07) is -0.331. The van der Waals surface area contributed by atoms with Crippen LogP contribution in [0, 0.1) is 5.92 Å². The van der Waals surface area contributed by atoms with Crippen LogP contribution in [0.3, 0.4) is 0 Å². The Morgan fingerprint density at radius 2 is 2.27 bits per heavy atom. The van der Waals surface area contributed by atoms with E-state index in [1.54, 1.807) is 20.1 Å². The molecule has 0 radical (unpaired) electrons. The molecule has 0 fully saturated rings. The summed E-state index contributed by atoms with van der Waals surface area (Å²) < 4.78 is 10.00. The third-order valence-corrected chi connectivity index (χ3v) is 2.02. The molecule has 0 aliphatic heterocycles. The van der Waals surface area contributed by atoms with Gasteiger partial charge in [0, 0.05) is 19.6 Å². The first-order chi connectivity index (χ1) is 7.17. The minimum atomic E-state index is -0.331. The van der Waals surface area contributed by atoms with E-state index in [0.29, 0.717) is 19.8 Å². The number of ether oxygens (including phenoxy) is 2. The Labute approximate surface area is 91.6 Å². The monoisotopic (exact) mass is 215 g/mol. The number of rotatable bonds is 8. The zero-order valence-electron chi connectivity index (χ0n) is 9.79. The summed E-state index contributed by atoms with van der Waals surface area (Å²) >= 11 is 0. The van der Waals surface area contributed by atoms with Gasteiger partial charge >= 0.3 is 5.97 Å². The van der Waals surface area contributed by atoms with Gasteiger partial charge in [-0.1, -0.05) is 13.0 Å². The summed E-state index contributed by atoms with van der Waals surface area (Å²) in [5.74, 6) is -0.155. The summed E-state index contributed by atoms with van der Waals surface area (Å²) in [6.45, 7) is 8.83. The Morgan fingerprint density at radius 1 is 1.60 bits per heavy atom. The van der Waals surface area contributed by atoms with E-state index < -0.39 is 0 Å². The van der Waals surface area contributed by atoms with Crippen LogP contribution in [0.25, 0.3) is 0 Å². The molecule has 0 bridgehead atoms. The highest BCUT2D eigenvalue weighted by atomic mass is 16.5. The van der Waals surface area contributed by atoms with Crippen molar-refractivity contribution in [3.05, 3.63) is 12.7 Å². The number of hydrogen-bond donors (Lipinski definition) is 1. The summed E-state index contributed by atoms with van der Waals surface area (Å²) in [5, 5.41) is 3.07. The standard InChI is InChI=1S/C11H21NO3/c1-5-7-12-10(9(3)8-14-4)11(13)15-6-2/h5,9-10,12H,1,6-8H2,2-4H3. The van der Waals surface area contributed by atoms with E-state index in [0.717, 1.165) is 0 Å². The summed E-state index contributed by atoms with van der Waals surface area (Å²) in [6.07, 6.45) is 1.71. The Morgan fingerprint density at radius 3 is 2.73 bits per heavy atom. The highest BCUT2D eigenvalue weighted by molar-refractivity contribution is 5.76. The molecule has 0 aromatic heterocycles. The van der Waals surface area contributed by atoms with Gasteiger partial charge in [-0.25, -0.2) is 0 Å². The molecule has 1 N–H and O–H groups in total. The van der Waals surface area contributed by atoms with E-state index >= 15 is 0 Å². The largest absolute Gasteiger partial charge is 0.465 e. The molecule has 4 heteroatoms. The van der Waals surface area contributed by atoms with Crippen molar-refractivity contribution in [3.8, 4) is 0 Å². The maximum Gasteiger partial charge on any atom is 0.323 e. The average molecular weight is 215 g/mol. The minimum Gasteiger partial charge on any atom is -0.465 e. The van der Waals surface area contributed by atoms with E-state index in [4.69, 9.17) is 9.47 Å². The van der Waals surface area contributed by atoms with Crippen LogP contribution >= 0.6 is 0 Å². The van der Waals surface area contributed by atoms with E-state index in [2.05, 4.69) is 11.9 Å². The summed E-state index contributed by atoms with van der Waals surface area (Å²) in [5.41, 5.74) is 0. The Bertz CT molecular complexity index is 194. The van der Waals surface area contributed by atoms with Crippen LogP contribution in [0.2, 0.25) is 0 Å². The molecule has 0 amide bonds. The van der Waals surface area contributed by atoms with Gasteiger partial charge in [0.1, 0.15) is 6.04 Å². The van der Waals surface area contributed by atoms with E-state index in [9.17, 15) is 4.79 Å². The summed E-state index contributed by atoms with van der Waals surface area (Å²) in [7, 11) is 1.62. The molecule has 15 heavy (non-hydrogen) atoms. The number of hydrogen-bond acceptors (Lipinski definition) is 4. The van der Waals surface area contributed by atoms with E-state index in [-0.39, 0.29) is 17.9 Å². The maximum absolute atomic E-state index is 11.6. The number of carbonyl (C=O) groups excluding carboxylic acids is 1. The minimum absolute atomic E-state index is 0.0778. The van der Waals surface area contributed by atoms with E-state index in [1.165, 1.54) is 0 Å². The lowest BCUT2D eigenvalue weighted by Gasteiger charge is -2.22. The van der Waals surface area contributed by atoms with Gasteiger partial charge < -0.3 is 14.8 Å². The highest BCUT2D eigenvalue weighted by Gasteiger charge is 2.25. The van der Waals surface area contributed by atoms with Crippen LogP contribution in [0.4, 0.5) is 0 Å². The molecule has 0 spiro atoms. The molecule has 0 aromatic rings. The molecule has 2 atom stereocenters. The average Bonchev–Trinajstić information content (AvgIpc) is 2.19. The van der Waals surface area contributed by atoms with Gasteiger partial charge in [0.25, 0.3) is 0 Å². The second-order valence-corrected chi connectivity index (χ2v) is 3.36. The van der Waals surface area contributed by atoms with E-state index in [1.807, 2.05) is 6.92 Å². The van der Waals surface area contributed by atoms with Crippen LogP contribution in [-0.2, 0) is 14.3 Å². The summed E-state index contributed by atoms with van der Waals surface area (Å²) in [4.78, 5) is 11.6. The molecule has 2 unspecified atom stereocenters. The quantitative estimate of drug-likeness (QED) is 0.484. The lowest BCUT2D eigenvalue weighted by atomic mass is 10.0. The Kier molecular flexibility index (Phi) is 7.95. The zero-order valence-corrected chi connectivity index (χ0v) is 9.79. The van der Waals surface area contributed by atoms with Gasteiger partial charge in [-0.3, -0.25) is 4.79 Å². The van der Waals surface area contributed by atoms with Crippen molar-refractivity contribution in [1.29, 1.82) is 0 Å². The number of carbonyl (C=O) groups is 1. The number of esters is 1. The van der Waals surface area contributed by atoms with Crippen molar-refractivity contribution in [1.82, 2.24) is 5.32 Å². The SMILES string of the molecule is C=CCNC(C(=O)OCC)C(C)COC. The van der Waals surface area contributed by atoms with Crippen molar-refractivity contribution in [2.24, 2.45) is 5.92 Å². The molecule has 0 aromatic carbocycles. The number of methoxy groups -OCH3 is 1. The fraction of sp³-hybridized carbons (Fsp3) is 0.727. The third kappa shape index (κ3) is 5.54. The smallest absolute Gasteiger partial charge is 0.323 e. The molecule has 0 aliphatic rings. The third-order valence-electron chi connectivity index (χ3n) is 2.02. The van der Waals surface area contributed by atoms with Crippen molar-refractivity contribution in [2.45, 2.75) is 19.9 Å². The van der Waals surface area contributed by atoms with Crippen molar-refractivity contribution in [3.63, 3.8) is 0 Å². The topological polar surface area (TPSA) is 47.6 Å². The second-order valence-electron chi connectivity index (χ2n) is 3.36. The second kappa shape index (κ2) is 8.44. The predicted octanol–water partition coefficient (Wildman–Crippen LogP) is 0.976. The molecular formula is C11H21NO3. The van der Waals surface area contributed by atoms with Gasteiger partial charge in [-0.05, 0) is 6.92 Å². The Balaban J connectivity index is 4.27. The lowest BCUT2D eigenvalue weighted by Crippen LogP contribution is -2.44. The van der Waals surface area contributed by atoms with Crippen molar-refractivity contribution >= 4 is 5.97 Å². The normalized spacial score (nSPS) is 14.3. The van der Waals surface area contributed by atoms with Crippen LogP contribution in [-0.4, -0.2) is 38.9 Å². The maximum atomic E-state index is 11.6. The fourth-order valence-corrected chi connectivity index (χ4v) is 1.32. The fourth-order valence-electron chi connectivity index (χ4n) is 1.32. The molecule has 0 heterocycles. The molecule has 0 saturated heterocycles. The van der Waals surface area contributed by atoms with Gasteiger partial charge in [-0.15, -0.1) is 6.58 Å². The van der Waals surface area contributed by atoms with Crippen LogP contribution in [0.15, 0.2) is 12.7 Å². The molecule has 4 nitrogen and oxygen atoms in total. The first-order valence-electron chi connectivity index (χ1n) is 5.17. The first-order valence-corrected chi connectivity index (χ1v) is 5.17. The van der Waals surface area contributed by atoms with Gasteiger partial charge in [0.15, 0.2) is 0 Å². The van der Waals surface area contributed by atoms with Crippen molar-refractivity contribution < 1.29 is 14.3 Å². The van der Waals surface area contributed by atoms with Crippen LogP contribution in [0.1, 0.15) is 13.8 Å². The van der Waals surface area contributed by atoms with Crippen molar-refractivity contribution in [2.75, 3.05) is 26.9 Å².